The van der Waals surface area contributed by atoms with Crippen molar-refractivity contribution in [3.8, 4) is 16.5 Å². The number of nitrogens with one attached hydrogen (secondary N) is 1. The van der Waals surface area contributed by atoms with Crippen LogP contribution in [0.3, 0.4) is 0 Å². The van der Waals surface area contributed by atoms with Crippen LogP contribution in [0.2, 0.25) is 0 Å². The van der Waals surface area contributed by atoms with Gasteiger partial charge in [0.2, 0.25) is 11.7 Å². The van der Waals surface area contributed by atoms with Crippen LogP contribution in [0.1, 0.15) is 23.1 Å². The molecule has 5 nitrogen and oxygen atoms in total. The zero-order valence-electron chi connectivity index (χ0n) is 14.8. The Morgan fingerprint density at radius 1 is 1.00 bits per heavy atom. The van der Waals surface area contributed by atoms with Gasteiger partial charge in [-0.1, -0.05) is 53.7 Å². The van der Waals surface area contributed by atoms with Crippen LogP contribution in [-0.2, 0) is 6.54 Å². The maximum absolute atomic E-state index is 5.41. The first-order chi connectivity index (χ1) is 13.3. The van der Waals surface area contributed by atoms with Crippen molar-refractivity contribution in [2.75, 3.05) is 7.11 Å². The maximum Gasteiger partial charge on any atom is 0.240 e. The fraction of sp³-hybridized carbons (Fsp3) is 0.143. The second-order valence-corrected chi connectivity index (χ2v) is 6.93. The van der Waals surface area contributed by atoms with Crippen LogP contribution < -0.4 is 10.1 Å². The van der Waals surface area contributed by atoms with E-state index >= 15 is 0 Å². The van der Waals surface area contributed by atoms with Crippen LogP contribution in [0, 0.1) is 0 Å². The van der Waals surface area contributed by atoms with E-state index in [9.17, 15) is 0 Å². The third-order valence-electron chi connectivity index (χ3n) is 4.25. The molecule has 0 amide bonds. The SMILES string of the molecule is COc1ccc([C@H](NCc2nc(-c3cccs3)no2)c2ccccc2)cc1. The van der Waals surface area contributed by atoms with Crippen LogP contribution >= 0.6 is 11.3 Å². The maximum atomic E-state index is 5.41. The zero-order chi connectivity index (χ0) is 18.5. The van der Waals surface area contributed by atoms with Crippen LogP contribution in [0.15, 0.2) is 76.6 Å². The summed E-state index contributed by atoms with van der Waals surface area (Å²) in [7, 11) is 1.67. The number of ether oxygens (including phenoxy) is 1. The Balaban J connectivity index is 1.54. The molecule has 2 aromatic heterocycles. The van der Waals surface area contributed by atoms with E-state index in [0.717, 1.165) is 16.2 Å². The van der Waals surface area contributed by atoms with Gasteiger partial charge in [0.15, 0.2) is 0 Å². The number of hydrogen-bond donors (Lipinski definition) is 1. The number of methoxy groups -OCH3 is 1. The van der Waals surface area contributed by atoms with Gasteiger partial charge in [-0.15, -0.1) is 11.3 Å². The molecule has 0 aliphatic carbocycles. The molecule has 0 spiro atoms. The summed E-state index contributed by atoms with van der Waals surface area (Å²) < 4.78 is 10.7. The summed E-state index contributed by atoms with van der Waals surface area (Å²) in [4.78, 5) is 5.49. The first-order valence-corrected chi connectivity index (χ1v) is 9.50. The molecule has 4 aromatic rings. The van der Waals surface area contributed by atoms with Gasteiger partial charge in [0.05, 0.1) is 24.6 Å². The van der Waals surface area contributed by atoms with Crippen molar-refractivity contribution < 1.29 is 9.26 Å². The molecule has 0 bridgehead atoms. The van der Waals surface area contributed by atoms with Crippen molar-refractivity contribution in [3.05, 3.63) is 89.1 Å². The van der Waals surface area contributed by atoms with Crippen molar-refractivity contribution in [3.63, 3.8) is 0 Å². The highest BCUT2D eigenvalue weighted by Crippen LogP contribution is 2.25. The molecule has 4 rings (SSSR count). The van der Waals surface area contributed by atoms with Gasteiger partial charge in [-0.2, -0.15) is 4.98 Å². The molecule has 1 atom stereocenters. The number of benzene rings is 2. The second-order valence-electron chi connectivity index (χ2n) is 5.99. The monoisotopic (exact) mass is 377 g/mol. The van der Waals surface area contributed by atoms with Crippen molar-refractivity contribution >= 4 is 11.3 Å². The Morgan fingerprint density at radius 3 is 2.48 bits per heavy atom. The Bertz CT molecular complexity index is 966. The molecule has 0 aliphatic heterocycles. The second kappa shape index (κ2) is 8.16. The van der Waals surface area contributed by atoms with E-state index in [1.165, 1.54) is 5.56 Å². The average Bonchev–Trinajstić information content (AvgIpc) is 3.41. The lowest BCUT2D eigenvalue weighted by Gasteiger charge is -2.19. The van der Waals surface area contributed by atoms with Crippen LogP contribution in [-0.4, -0.2) is 17.3 Å². The molecule has 0 fully saturated rings. The molecule has 136 valence electrons. The molecule has 0 unspecified atom stereocenters. The Labute approximate surface area is 161 Å². The summed E-state index contributed by atoms with van der Waals surface area (Å²) in [5.74, 6) is 2.03. The molecule has 0 aliphatic rings. The number of nitrogens with zero attached hydrogens (tertiary/aromatic N) is 2. The summed E-state index contributed by atoms with van der Waals surface area (Å²) in [5, 5.41) is 9.60. The number of rotatable bonds is 7. The molecule has 27 heavy (non-hydrogen) atoms. The highest BCUT2D eigenvalue weighted by atomic mass is 32.1. The van der Waals surface area contributed by atoms with E-state index in [1.54, 1.807) is 18.4 Å². The Kier molecular flexibility index (Phi) is 5.27. The van der Waals surface area contributed by atoms with Crippen LogP contribution in [0.5, 0.6) is 5.75 Å². The summed E-state index contributed by atoms with van der Waals surface area (Å²) in [6.07, 6.45) is 0. The quantitative estimate of drug-likeness (QED) is 0.506. The van der Waals surface area contributed by atoms with E-state index < -0.39 is 0 Å². The summed E-state index contributed by atoms with van der Waals surface area (Å²) in [6.45, 7) is 0.476. The van der Waals surface area contributed by atoms with Gasteiger partial charge in [0.1, 0.15) is 5.75 Å². The summed E-state index contributed by atoms with van der Waals surface area (Å²) in [5.41, 5.74) is 2.31. The van der Waals surface area contributed by atoms with Crippen molar-refractivity contribution in [1.29, 1.82) is 0 Å². The van der Waals surface area contributed by atoms with Crippen molar-refractivity contribution in [2.45, 2.75) is 12.6 Å². The van der Waals surface area contributed by atoms with E-state index in [-0.39, 0.29) is 6.04 Å². The number of hydrogen-bond acceptors (Lipinski definition) is 6. The molecule has 0 radical (unpaired) electrons. The lowest BCUT2D eigenvalue weighted by atomic mass is 9.98. The summed E-state index contributed by atoms with van der Waals surface area (Å²) in [6, 6.07) is 22.3. The standard InChI is InChI=1S/C21H19N3O2S/c1-25-17-11-9-16(10-12-17)20(15-6-3-2-4-7-15)22-14-19-23-21(24-26-19)18-8-5-13-27-18/h2-13,20,22H,14H2,1H3/t20-/m1/s1. The first-order valence-electron chi connectivity index (χ1n) is 8.62. The predicted octanol–water partition coefficient (Wildman–Crippen LogP) is 4.69. The third-order valence-corrected chi connectivity index (χ3v) is 5.11. The molecule has 0 saturated carbocycles. The predicted molar refractivity (Wildman–Crippen MR) is 106 cm³/mol. The molecule has 0 saturated heterocycles. The minimum absolute atomic E-state index is 0.00851. The minimum Gasteiger partial charge on any atom is -0.497 e. The Hall–Kier alpha value is -2.96. The van der Waals surface area contributed by atoms with Crippen molar-refractivity contribution in [1.82, 2.24) is 15.5 Å². The molecule has 2 aromatic carbocycles. The fourth-order valence-electron chi connectivity index (χ4n) is 2.89. The largest absolute Gasteiger partial charge is 0.497 e. The third kappa shape index (κ3) is 4.07. The first kappa shape index (κ1) is 17.5. The van der Waals surface area contributed by atoms with Crippen molar-refractivity contribution in [2.24, 2.45) is 0 Å². The van der Waals surface area contributed by atoms with Gasteiger partial charge in [0.25, 0.3) is 0 Å². The Morgan fingerprint density at radius 2 is 1.78 bits per heavy atom. The van der Waals surface area contributed by atoms with E-state index in [1.807, 2.05) is 47.8 Å². The highest BCUT2D eigenvalue weighted by Gasteiger charge is 2.16. The normalized spacial score (nSPS) is 12.0. The topological polar surface area (TPSA) is 60.2 Å². The fourth-order valence-corrected chi connectivity index (χ4v) is 3.54. The van der Waals surface area contributed by atoms with E-state index in [2.05, 4.69) is 39.7 Å². The smallest absolute Gasteiger partial charge is 0.240 e. The van der Waals surface area contributed by atoms with Gasteiger partial charge in [-0.05, 0) is 34.7 Å². The van der Waals surface area contributed by atoms with Gasteiger partial charge in [-0.25, -0.2) is 0 Å². The molecule has 6 heteroatoms. The van der Waals surface area contributed by atoms with E-state index in [0.29, 0.717) is 18.3 Å². The molecular formula is C21H19N3O2S. The minimum atomic E-state index is 0.00851. The molecule has 2 heterocycles. The number of aromatic nitrogens is 2. The number of thiophene rings is 1. The van der Waals surface area contributed by atoms with Crippen LogP contribution in [0.25, 0.3) is 10.7 Å². The van der Waals surface area contributed by atoms with Gasteiger partial charge < -0.3 is 9.26 Å². The van der Waals surface area contributed by atoms with E-state index in [4.69, 9.17) is 9.26 Å². The van der Waals surface area contributed by atoms with Gasteiger partial charge >= 0.3 is 0 Å². The van der Waals surface area contributed by atoms with Gasteiger partial charge in [-0.3, -0.25) is 5.32 Å². The highest BCUT2D eigenvalue weighted by molar-refractivity contribution is 7.13. The lowest BCUT2D eigenvalue weighted by molar-refractivity contribution is 0.363. The molecular weight excluding hydrogens is 358 g/mol. The zero-order valence-corrected chi connectivity index (χ0v) is 15.6. The molecule has 1 N–H and O–H groups in total. The van der Waals surface area contributed by atoms with Crippen LogP contribution in [0.4, 0.5) is 0 Å². The van der Waals surface area contributed by atoms with Gasteiger partial charge in [0, 0.05) is 0 Å². The lowest BCUT2D eigenvalue weighted by Crippen LogP contribution is -2.22. The average molecular weight is 377 g/mol. The summed E-state index contributed by atoms with van der Waals surface area (Å²) >= 11 is 1.59.